The van der Waals surface area contributed by atoms with Crippen molar-refractivity contribution in [1.82, 2.24) is 9.47 Å². The lowest BCUT2D eigenvalue weighted by Crippen LogP contribution is -2.60. The van der Waals surface area contributed by atoms with E-state index in [0.717, 1.165) is 0 Å². The van der Waals surface area contributed by atoms with Crippen molar-refractivity contribution in [3.05, 3.63) is 62.3 Å². The van der Waals surface area contributed by atoms with E-state index in [2.05, 4.69) is 0 Å². The number of ketones is 1. The van der Waals surface area contributed by atoms with Crippen LogP contribution in [0.15, 0.2) is 29.2 Å². The Morgan fingerprint density at radius 1 is 1.24 bits per heavy atom. The zero-order chi connectivity index (χ0) is 27.1. The number of halogens is 2. The third-order valence-electron chi connectivity index (χ3n) is 7.12. The maximum Gasteiger partial charge on any atom is 0.313 e. The van der Waals surface area contributed by atoms with Crippen LogP contribution in [0.25, 0.3) is 0 Å². The van der Waals surface area contributed by atoms with Gasteiger partial charge >= 0.3 is 5.97 Å². The standard InChI is InChI=1S/C27H30ClFN2O6/c1-15(2)26(35)37-24-22-25(34)30(3)14-27(10-16(11-27)13-36-4)31(22)12-18(23(24)33)20(32)9-8-17-6-5-7-19(28)21(17)29/h5-7,12,15-16H,8-11,13-14H2,1-4H3. The lowest BCUT2D eigenvalue weighted by molar-refractivity contribution is -0.137. The van der Waals surface area contributed by atoms with Gasteiger partial charge in [0.1, 0.15) is 5.82 Å². The largest absolute Gasteiger partial charge is 0.420 e. The van der Waals surface area contributed by atoms with Gasteiger partial charge in [0.2, 0.25) is 11.2 Å². The smallest absolute Gasteiger partial charge is 0.313 e. The van der Waals surface area contributed by atoms with Gasteiger partial charge in [0, 0.05) is 39.9 Å². The Bertz CT molecular complexity index is 1310. The molecule has 0 radical (unpaired) electrons. The molecule has 10 heteroatoms. The summed E-state index contributed by atoms with van der Waals surface area (Å²) >= 11 is 5.85. The summed E-state index contributed by atoms with van der Waals surface area (Å²) in [4.78, 5) is 54.1. The van der Waals surface area contributed by atoms with Crippen LogP contribution in [0, 0.1) is 17.7 Å². The van der Waals surface area contributed by atoms with Crippen LogP contribution in [0.2, 0.25) is 5.02 Å². The van der Waals surface area contributed by atoms with E-state index in [0.29, 0.717) is 26.0 Å². The molecule has 0 unspecified atom stereocenters. The second kappa shape index (κ2) is 10.4. The van der Waals surface area contributed by atoms with Crippen molar-refractivity contribution in [3.8, 4) is 5.75 Å². The Morgan fingerprint density at radius 2 is 1.95 bits per heavy atom. The zero-order valence-corrected chi connectivity index (χ0v) is 22.1. The second-order valence-electron chi connectivity index (χ2n) is 10.2. The molecule has 1 amide bonds. The SMILES string of the molecule is COCC1CC2(C1)CN(C)C(=O)c1c(OC(=O)C(C)C)c(=O)c(C(=O)CCc3cccc(Cl)c3F)cn12. The summed E-state index contributed by atoms with van der Waals surface area (Å²) in [5.74, 6) is -3.08. The number of carbonyl (C=O) groups is 3. The minimum absolute atomic E-state index is 0.0241. The normalized spacial score (nSPS) is 20.7. The number of nitrogens with zero attached hydrogens (tertiary/aromatic N) is 2. The average Bonchev–Trinajstić information content (AvgIpc) is 2.83. The summed E-state index contributed by atoms with van der Waals surface area (Å²) in [6.45, 7) is 4.14. The fourth-order valence-electron chi connectivity index (χ4n) is 5.27. The van der Waals surface area contributed by atoms with Gasteiger partial charge in [0.25, 0.3) is 5.91 Å². The molecule has 0 atom stereocenters. The summed E-state index contributed by atoms with van der Waals surface area (Å²) in [6.07, 6.45) is 2.59. The first-order valence-electron chi connectivity index (χ1n) is 12.2. The number of hydrogen-bond donors (Lipinski definition) is 0. The van der Waals surface area contributed by atoms with Gasteiger partial charge in [-0.25, -0.2) is 4.39 Å². The minimum atomic E-state index is -0.830. The van der Waals surface area contributed by atoms with E-state index >= 15 is 0 Å². The first kappa shape index (κ1) is 27.0. The van der Waals surface area contributed by atoms with E-state index in [-0.39, 0.29) is 40.6 Å². The van der Waals surface area contributed by atoms with Gasteiger partial charge in [-0.2, -0.15) is 0 Å². The summed E-state index contributed by atoms with van der Waals surface area (Å²) in [7, 11) is 3.25. The highest BCUT2D eigenvalue weighted by molar-refractivity contribution is 6.30. The Balaban J connectivity index is 1.79. The van der Waals surface area contributed by atoms with Crippen molar-refractivity contribution in [1.29, 1.82) is 0 Å². The Hall–Kier alpha value is -3.04. The van der Waals surface area contributed by atoms with Crippen LogP contribution in [0.5, 0.6) is 5.75 Å². The molecule has 1 aliphatic carbocycles. The van der Waals surface area contributed by atoms with Crippen molar-refractivity contribution in [2.45, 2.75) is 45.1 Å². The van der Waals surface area contributed by atoms with Crippen molar-refractivity contribution < 1.29 is 28.2 Å². The molecule has 1 saturated carbocycles. The lowest BCUT2D eigenvalue weighted by Gasteiger charge is -2.54. The summed E-state index contributed by atoms with van der Waals surface area (Å²) in [6, 6.07) is 4.52. The predicted molar refractivity (Wildman–Crippen MR) is 135 cm³/mol. The van der Waals surface area contributed by atoms with Gasteiger partial charge in [-0.05, 0) is 36.8 Å². The van der Waals surface area contributed by atoms with E-state index in [1.165, 1.54) is 23.2 Å². The molecule has 37 heavy (non-hydrogen) atoms. The number of likely N-dealkylation sites (N-methyl/N-ethyl adjacent to an activating group) is 1. The van der Waals surface area contributed by atoms with Crippen LogP contribution in [0.3, 0.4) is 0 Å². The number of pyridine rings is 1. The molecule has 1 aromatic heterocycles. The molecule has 1 aromatic carbocycles. The first-order valence-corrected chi connectivity index (χ1v) is 12.6. The lowest BCUT2D eigenvalue weighted by atomic mass is 9.67. The fraction of sp³-hybridized carbons (Fsp3) is 0.481. The van der Waals surface area contributed by atoms with Crippen molar-refractivity contribution in [3.63, 3.8) is 0 Å². The first-order chi connectivity index (χ1) is 17.5. The third kappa shape index (κ3) is 4.94. The molecule has 0 N–H and O–H groups in total. The van der Waals surface area contributed by atoms with Gasteiger partial charge in [0.15, 0.2) is 11.5 Å². The highest BCUT2D eigenvalue weighted by atomic mass is 35.5. The highest BCUT2D eigenvalue weighted by Crippen LogP contribution is 2.48. The number of rotatable bonds is 8. The quantitative estimate of drug-likeness (QED) is 0.378. The summed E-state index contributed by atoms with van der Waals surface area (Å²) < 4.78 is 26.8. The van der Waals surface area contributed by atoms with E-state index in [4.69, 9.17) is 21.1 Å². The summed E-state index contributed by atoms with van der Waals surface area (Å²) in [5, 5.41) is -0.0538. The number of aryl methyl sites for hydroxylation is 1. The number of Topliss-reactive ketones (excluding diaryl/α,β-unsaturated/α-hetero) is 1. The monoisotopic (exact) mass is 532 g/mol. The highest BCUT2D eigenvalue weighted by Gasteiger charge is 2.52. The van der Waals surface area contributed by atoms with Crippen LogP contribution in [-0.2, 0) is 21.5 Å². The minimum Gasteiger partial charge on any atom is -0.420 e. The molecular formula is C27H30ClFN2O6. The average molecular weight is 533 g/mol. The van der Waals surface area contributed by atoms with Crippen LogP contribution in [0.4, 0.5) is 4.39 Å². The van der Waals surface area contributed by atoms with Gasteiger partial charge in [-0.15, -0.1) is 0 Å². The van der Waals surface area contributed by atoms with Gasteiger partial charge in [0.05, 0.1) is 22.0 Å². The molecule has 198 valence electrons. The topological polar surface area (TPSA) is 94.9 Å². The second-order valence-corrected chi connectivity index (χ2v) is 10.7. The van der Waals surface area contributed by atoms with E-state index < -0.39 is 46.1 Å². The van der Waals surface area contributed by atoms with Crippen LogP contribution >= 0.6 is 11.6 Å². The molecule has 4 rings (SSSR count). The zero-order valence-electron chi connectivity index (χ0n) is 21.3. The Labute approximate surface area is 219 Å². The Morgan fingerprint density at radius 3 is 2.59 bits per heavy atom. The van der Waals surface area contributed by atoms with E-state index in [1.54, 1.807) is 38.6 Å². The number of aromatic nitrogens is 1. The van der Waals surface area contributed by atoms with Crippen molar-refractivity contribution in [2.75, 3.05) is 27.3 Å². The molecule has 2 aromatic rings. The number of benzene rings is 1. The fourth-order valence-corrected chi connectivity index (χ4v) is 5.46. The number of esters is 1. The number of methoxy groups -OCH3 is 1. The molecule has 8 nitrogen and oxygen atoms in total. The number of hydrogen-bond acceptors (Lipinski definition) is 6. The maximum atomic E-state index is 14.4. The number of ether oxygens (including phenoxy) is 2. The number of carbonyl (C=O) groups excluding carboxylic acids is 3. The van der Waals surface area contributed by atoms with Gasteiger partial charge in [-0.1, -0.05) is 37.6 Å². The number of fused-ring (bicyclic) bond motifs is 2. The van der Waals surface area contributed by atoms with Gasteiger partial charge in [-0.3, -0.25) is 19.2 Å². The molecule has 0 bridgehead atoms. The molecule has 1 spiro atoms. The molecule has 2 heterocycles. The van der Waals surface area contributed by atoms with Crippen molar-refractivity contribution in [2.24, 2.45) is 11.8 Å². The summed E-state index contributed by atoms with van der Waals surface area (Å²) in [5.41, 5.74) is -1.39. The third-order valence-corrected chi connectivity index (χ3v) is 7.42. The van der Waals surface area contributed by atoms with Gasteiger partial charge < -0.3 is 18.9 Å². The number of amides is 1. The molecule has 1 fully saturated rings. The van der Waals surface area contributed by atoms with Crippen molar-refractivity contribution >= 4 is 29.3 Å². The predicted octanol–water partition coefficient (Wildman–Crippen LogP) is 3.86. The molecule has 1 aliphatic heterocycles. The molecule has 2 aliphatic rings. The van der Waals surface area contributed by atoms with Crippen LogP contribution < -0.4 is 10.2 Å². The Kier molecular flexibility index (Phi) is 7.57. The van der Waals surface area contributed by atoms with Crippen LogP contribution in [-0.4, -0.2) is 54.4 Å². The van der Waals surface area contributed by atoms with E-state index in [1.807, 2.05) is 0 Å². The van der Waals surface area contributed by atoms with E-state index in [9.17, 15) is 23.6 Å². The van der Waals surface area contributed by atoms with Crippen LogP contribution in [0.1, 0.15) is 59.5 Å². The molecule has 0 saturated heterocycles. The maximum absolute atomic E-state index is 14.4. The molecular weight excluding hydrogens is 503 g/mol.